The van der Waals surface area contributed by atoms with Crippen molar-refractivity contribution in [1.82, 2.24) is 0 Å². The molecule has 27 heavy (non-hydrogen) atoms. The van der Waals surface area contributed by atoms with E-state index < -0.39 is 0 Å². The smallest absolute Gasteiger partial charge is 0.200 e. The molecule has 5 rings (SSSR count). The van der Waals surface area contributed by atoms with E-state index in [2.05, 4.69) is 20.8 Å². The van der Waals surface area contributed by atoms with Crippen molar-refractivity contribution >= 4 is 5.78 Å². The average Bonchev–Trinajstić information content (AvgIpc) is 2.60. The van der Waals surface area contributed by atoms with Crippen molar-refractivity contribution in [2.45, 2.75) is 57.2 Å². The van der Waals surface area contributed by atoms with Gasteiger partial charge in [-0.25, -0.2) is 0 Å². The second kappa shape index (κ2) is 5.28. The SMILES string of the molecule is CC1(C)Oc2cc(O)c(C(=O)c3ccccc3)c3c2[C@H]2C[C@](C)(CC[C@H]21)O3. The molecule has 2 aromatic rings. The van der Waals surface area contributed by atoms with Crippen LogP contribution in [-0.4, -0.2) is 22.1 Å². The molecule has 4 heteroatoms. The molecule has 4 nitrogen and oxygen atoms in total. The van der Waals surface area contributed by atoms with Gasteiger partial charge in [-0.15, -0.1) is 0 Å². The van der Waals surface area contributed by atoms with Gasteiger partial charge in [0, 0.05) is 29.0 Å². The average molecular weight is 364 g/mol. The number of carbonyl (C=O) groups is 1. The Labute approximate surface area is 159 Å². The molecule has 0 amide bonds. The predicted octanol–water partition coefficient (Wildman–Crippen LogP) is 4.83. The van der Waals surface area contributed by atoms with Gasteiger partial charge in [-0.3, -0.25) is 4.79 Å². The number of aromatic hydroxyl groups is 1. The fourth-order valence-electron chi connectivity index (χ4n) is 5.34. The molecule has 2 aromatic carbocycles. The fourth-order valence-corrected chi connectivity index (χ4v) is 5.34. The van der Waals surface area contributed by atoms with Crippen molar-refractivity contribution in [3.63, 3.8) is 0 Å². The Hall–Kier alpha value is -2.49. The molecule has 140 valence electrons. The van der Waals surface area contributed by atoms with Crippen LogP contribution in [0.3, 0.4) is 0 Å². The summed E-state index contributed by atoms with van der Waals surface area (Å²) in [4.78, 5) is 13.2. The summed E-state index contributed by atoms with van der Waals surface area (Å²) in [7, 11) is 0. The van der Waals surface area contributed by atoms with Gasteiger partial charge < -0.3 is 14.6 Å². The molecule has 3 atom stereocenters. The summed E-state index contributed by atoms with van der Waals surface area (Å²) >= 11 is 0. The molecule has 1 aliphatic carbocycles. The minimum absolute atomic E-state index is 0.0737. The maximum absolute atomic E-state index is 13.2. The first kappa shape index (κ1) is 16.7. The number of carbonyl (C=O) groups excluding carboxylic acids is 1. The summed E-state index contributed by atoms with van der Waals surface area (Å²) in [6.45, 7) is 6.37. The van der Waals surface area contributed by atoms with Crippen molar-refractivity contribution in [1.29, 1.82) is 0 Å². The minimum Gasteiger partial charge on any atom is -0.507 e. The first-order valence-electron chi connectivity index (χ1n) is 9.67. The lowest BCUT2D eigenvalue weighted by atomic mass is 9.61. The monoisotopic (exact) mass is 364 g/mol. The van der Waals surface area contributed by atoms with E-state index in [9.17, 15) is 9.90 Å². The summed E-state index contributed by atoms with van der Waals surface area (Å²) in [5, 5.41) is 10.8. The van der Waals surface area contributed by atoms with Crippen LogP contribution in [0.5, 0.6) is 17.2 Å². The summed E-state index contributed by atoms with van der Waals surface area (Å²) in [6.07, 6.45) is 2.88. The van der Waals surface area contributed by atoms with Gasteiger partial charge in [0.15, 0.2) is 0 Å². The van der Waals surface area contributed by atoms with E-state index in [1.165, 1.54) is 0 Å². The highest BCUT2D eigenvalue weighted by Gasteiger charge is 2.55. The molecular formula is C23H24O4. The number of phenols is 1. The third-order valence-corrected chi connectivity index (χ3v) is 6.63. The van der Waals surface area contributed by atoms with Crippen LogP contribution in [0.4, 0.5) is 0 Å². The van der Waals surface area contributed by atoms with E-state index in [1.807, 2.05) is 18.2 Å². The molecule has 0 radical (unpaired) electrons. The van der Waals surface area contributed by atoms with Gasteiger partial charge in [0.1, 0.15) is 34.0 Å². The van der Waals surface area contributed by atoms with E-state index >= 15 is 0 Å². The van der Waals surface area contributed by atoms with E-state index in [-0.39, 0.29) is 34.2 Å². The zero-order chi connectivity index (χ0) is 19.0. The van der Waals surface area contributed by atoms with Crippen LogP contribution in [0.15, 0.2) is 36.4 Å². The van der Waals surface area contributed by atoms with E-state index in [1.54, 1.807) is 18.2 Å². The lowest BCUT2D eigenvalue weighted by Gasteiger charge is -2.55. The Kier molecular flexibility index (Phi) is 3.26. The molecule has 2 heterocycles. The fraction of sp³-hybridized carbons (Fsp3) is 0.435. The van der Waals surface area contributed by atoms with Crippen molar-refractivity contribution < 1.29 is 19.4 Å². The molecule has 2 aliphatic heterocycles. The molecular weight excluding hydrogens is 340 g/mol. The second-order valence-electron chi connectivity index (χ2n) is 8.92. The molecule has 0 spiro atoms. The molecule has 1 fully saturated rings. The Morgan fingerprint density at radius 2 is 1.89 bits per heavy atom. The summed E-state index contributed by atoms with van der Waals surface area (Å²) in [5.41, 5.74) is 1.17. The first-order valence-corrected chi connectivity index (χ1v) is 9.67. The van der Waals surface area contributed by atoms with Crippen molar-refractivity contribution in [3.05, 3.63) is 53.1 Å². The second-order valence-corrected chi connectivity index (χ2v) is 8.92. The molecule has 1 saturated carbocycles. The van der Waals surface area contributed by atoms with E-state index in [4.69, 9.17) is 9.47 Å². The highest BCUT2D eigenvalue weighted by Crippen LogP contribution is 2.62. The maximum atomic E-state index is 13.2. The van der Waals surface area contributed by atoms with Crippen LogP contribution >= 0.6 is 0 Å². The molecule has 0 aromatic heterocycles. The number of benzene rings is 2. The molecule has 2 bridgehead atoms. The van der Waals surface area contributed by atoms with Gasteiger partial charge in [-0.1, -0.05) is 30.3 Å². The topological polar surface area (TPSA) is 55.8 Å². The number of fused-ring (bicyclic) bond motifs is 1. The van der Waals surface area contributed by atoms with Gasteiger partial charge in [0.25, 0.3) is 0 Å². The van der Waals surface area contributed by atoms with Gasteiger partial charge in [-0.2, -0.15) is 0 Å². The van der Waals surface area contributed by atoms with Gasteiger partial charge in [-0.05, 0) is 40.0 Å². The van der Waals surface area contributed by atoms with Crippen LogP contribution in [0.1, 0.15) is 67.4 Å². The normalized spacial score (nSPS) is 29.4. The number of hydrogen-bond donors (Lipinski definition) is 1. The number of rotatable bonds is 2. The summed E-state index contributed by atoms with van der Waals surface area (Å²) in [6, 6.07) is 10.7. The highest BCUT2D eigenvalue weighted by atomic mass is 16.5. The highest BCUT2D eigenvalue weighted by molar-refractivity contribution is 6.13. The van der Waals surface area contributed by atoms with E-state index in [0.29, 0.717) is 23.0 Å². The third kappa shape index (κ3) is 2.32. The standard InChI is InChI=1S/C23H24O4/c1-22(2)15-9-10-23(3)12-14(15)18-17(26-22)11-16(24)19(21(18)27-23)20(25)13-7-5-4-6-8-13/h4-8,11,14-15,24H,9-10,12H2,1-3H3/t14-,15+,23-/m0/s1. The lowest BCUT2D eigenvalue weighted by molar-refractivity contribution is -0.0730. The Morgan fingerprint density at radius 3 is 2.63 bits per heavy atom. The Balaban J connectivity index is 1.75. The zero-order valence-corrected chi connectivity index (χ0v) is 15.9. The van der Waals surface area contributed by atoms with Crippen LogP contribution in [0.2, 0.25) is 0 Å². The molecule has 0 unspecified atom stereocenters. The van der Waals surface area contributed by atoms with Crippen LogP contribution in [-0.2, 0) is 0 Å². The van der Waals surface area contributed by atoms with E-state index in [0.717, 1.165) is 24.8 Å². The van der Waals surface area contributed by atoms with Crippen molar-refractivity contribution in [2.24, 2.45) is 5.92 Å². The Morgan fingerprint density at radius 1 is 1.15 bits per heavy atom. The maximum Gasteiger partial charge on any atom is 0.200 e. The first-order chi connectivity index (χ1) is 12.8. The Bertz CT molecular complexity index is 947. The number of phenolic OH excluding ortho intramolecular Hbond substituents is 1. The van der Waals surface area contributed by atoms with Gasteiger partial charge >= 0.3 is 0 Å². The minimum atomic E-state index is -0.307. The molecule has 3 aliphatic rings. The van der Waals surface area contributed by atoms with Gasteiger partial charge in [0.2, 0.25) is 5.78 Å². The zero-order valence-electron chi connectivity index (χ0n) is 15.9. The third-order valence-electron chi connectivity index (χ3n) is 6.63. The van der Waals surface area contributed by atoms with Crippen LogP contribution in [0, 0.1) is 5.92 Å². The quantitative estimate of drug-likeness (QED) is 0.776. The van der Waals surface area contributed by atoms with Crippen molar-refractivity contribution in [2.75, 3.05) is 0 Å². The van der Waals surface area contributed by atoms with Crippen LogP contribution in [0.25, 0.3) is 0 Å². The van der Waals surface area contributed by atoms with Crippen molar-refractivity contribution in [3.8, 4) is 17.2 Å². The number of ketones is 1. The number of hydrogen-bond acceptors (Lipinski definition) is 4. The molecule has 0 saturated heterocycles. The molecule has 1 N–H and O–H groups in total. The lowest BCUT2D eigenvalue weighted by Crippen LogP contribution is -2.54. The number of ether oxygens (including phenoxy) is 2. The predicted molar refractivity (Wildman–Crippen MR) is 102 cm³/mol. The van der Waals surface area contributed by atoms with Gasteiger partial charge in [0.05, 0.1) is 0 Å². The summed E-state index contributed by atoms with van der Waals surface area (Å²) in [5.74, 6) is 1.56. The van der Waals surface area contributed by atoms with Crippen LogP contribution < -0.4 is 9.47 Å². The largest absolute Gasteiger partial charge is 0.507 e. The summed E-state index contributed by atoms with van der Waals surface area (Å²) < 4.78 is 12.7.